The van der Waals surface area contributed by atoms with Gasteiger partial charge in [0.15, 0.2) is 5.11 Å². The molecule has 4 aromatic rings. The third-order valence-electron chi connectivity index (χ3n) is 7.34. The van der Waals surface area contributed by atoms with Gasteiger partial charge in [-0.05, 0) is 88.0 Å². The molecule has 1 aliphatic carbocycles. The third-order valence-corrected chi connectivity index (χ3v) is 8.71. The van der Waals surface area contributed by atoms with Crippen LogP contribution in [0, 0.1) is 5.92 Å². The van der Waals surface area contributed by atoms with Crippen LogP contribution in [0.5, 0.6) is 5.75 Å². The van der Waals surface area contributed by atoms with Crippen molar-refractivity contribution in [3.8, 4) is 17.0 Å². The maximum absolute atomic E-state index is 13.7. The standard InChI is InChI=1S/C33H35N3O4S2/c1-5-20-14-15-24-28(16-20)42-31(29(24)32(38)39-6-2)36-33(41)35-30(37)25-18-27(34-26-13-8-7-12-23(25)26)21-10-9-11-22(17-21)40-19(3)4/h7-13,17-20H,5-6,14-16H2,1-4H3,(H2,35,36,37,41)/t20-/m1/s1. The van der Waals surface area contributed by atoms with Gasteiger partial charge in [0.05, 0.1) is 35.0 Å². The number of carbonyl (C=O) groups excluding carboxylic acids is 2. The second kappa shape index (κ2) is 13.0. The minimum atomic E-state index is -0.369. The van der Waals surface area contributed by atoms with Crippen LogP contribution in [0.4, 0.5) is 5.00 Å². The summed E-state index contributed by atoms with van der Waals surface area (Å²) in [5, 5.41) is 7.42. The van der Waals surface area contributed by atoms with Crippen molar-refractivity contribution in [1.29, 1.82) is 0 Å². The van der Waals surface area contributed by atoms with Gasteiger partial charge in [-0.2, -0.15) is 0 Å². The predicted molar refractivity (Wildman–Crippen MR) is 173 cm³/mol. The number of esters is 1. The first-order valence-electron chi connectivity index (χ1n) is 14.4. The summed E-state index contributed by atoms with van der Waals surface area (Å²) >= 11 is 7.12. The quantitative estimate of drug-likeness (QED) is 0.159. The Hall–Kier alpha value is -3.82. The van der Waals surface area contributed by atoms with Crippen LogP contribution in [0.15, 0.2) is 54.6 Å². The molecular weight excluding hydrogens is 567 g/mol. The summed E-state index contributed by atoms with van der Waals surface area (Å²) in [4.78, 5) is 32.7. The largest absolute Gasteiger partial charge is 0.491 e. The number of nitrogens with zero attached hydrogens (tertiary/aromatic N) is 1. The number of thiocarbonyl (C=S) groups is 1. The SMILES string of the molecule is CCOC(=O)c1c(NC(=S)NC(=O)c2cc(-c3cccc(OC(C)C)c3)nc3ccccc23)sc2c1CC[C@@H](CC)C2. The van der Waals surface area contributed by atoms with Crippen LogP contribution in [0.25, 0.3) is 22.2 Å². The second-order valence-corrected chi connectivity index (χ2v) is 12.1. The van der Waals surface area contributed by atoms with Crippen LogP contribution in [0.3, 0.4) is 0 Å². The van der Waals surface area contributed by atoms with Gasteiger partial charge in [-0.15, -0.1) is 11.3 Å². The molecule has 0 bridgehead atoms. The van der Waals surface area contributed by atoms with Gasteiger partial charge in [0.1, 0.15) is 10.8 Å². The number of aromatic nitrogens is 1. The number of hydrogen-bond acceptors (Lipinski definition) is 7. The number of anilines is 1. The molecule has 2 aromatic carbocycles. The minimum absolute atomic E-state index is 0.0333. The molecule has 0 unspecified atom stereocenters. The normalized spacial score (nSPS) is 14.4. The van der Waals surface area contributed by atoms with Gasteiger partial charge < -0.3 is 14.8 Å². The molecule has 2 aromatic heterocycles. The zero-order valence-corrected chi connectivity index (χ0v) is 25.9. The molecular formula is C33H35N3O4S2. The zero-order chi connectivity index (χ0) is 29.8. The van der Waals surface area contributed by atoms with Crippen molar-refractivity contribution in [2.45, 2.75) is 59.5 Å². The Balaban J connectivity index is 1.43. The topological polar surface area (TPSA) is 89.6 Å². The van der Waals surface area contributed by atoms with Crippen LogP contribution in [-0.2, 0) is 17.6 Å². The van der Waals surface area contributed by atoms with Gasteiger partial charge in [0.2, 0.25) is 0 Å². The third kappa shape index (κ3) is 6.47. The van der Waals surface area contributed by atoms with E-state index in [-0.39, 0.29) is 29.7 Å². The highest BCUT2D eigenvalue weighted by Gasteiger charge is 2.30. The van der Waals surface area contributed by atoms with Crippen LogP contribution < -0.4 is 15.4 Å². The maximum atomic E-state index is 13.7. The second-order valence-electron chi connectivity index (χ2n) is 10.6. The molecule has 0 saturated heterocycles. The number of ether oxygens (including phenoxy) is 2. The van der Waals surface area contributed by atoms with E-state index >= 15 is 0 Å². The van der Waals surface area contributed by atoms with Crippen molar-refractivity contribution >= 4 is 56.4 Å². The number of nitrogens with one attached hydrogen (secondary N) is 2. The van der Waals surface area contributed by atoms with E-state index in [1.807, 2.05) is 62.4 Å². The Kier molecular flexibility index (Phi) is 9.18. The van der Waals surface area contributed by atoms with Gasteiger partial charge in [-0.3, -0.25) is 10.1 Å². The molecule has 9 heteroatoms. The molecule has 2 heterocycles. The number of hydrogen-bond donors (Lipinski definition) is 2. The number of thiophene rings is 1. The molecule has 0 saturated carbocycles. The highest BCUT2D eigenvalue weighted by Crippen LogP contribution is 2.41. The maximum Gasteiger partial charge on any atom is 0.341 e. The number of benzene rings is 2. The first-order chi connectivity index (χ1) is 20.3. The van der Waals surface area contributed by atoms with Crippen molar-refractivity contribution in [1.82, 2.24) is 10.3 Å². The highest BCUT2D eigenvalue weighted by atomic mass is 32.1. The predicted octanol–water partition coefficient (Wildman–Crippen LogP) is 7.57. The molecule has 2 N–H and O–H groups in total. The van der Waals surface area contributed by atoms with Gasteiger partial charge in [0, 0.05) is 15.8 Å². The molecule has 0 spiro atoms. The molecule has 0 aliphatic heterocycles. The van der Waals surface area contributed by atoms with Crippen LogP contribution in [-0.4, -0.2) is 34.7 Å². The van der Waals surface area contributed by atoms with E-state index in [4.69, 9.17) is 26.7 Å². The van der Waals surface area contributed by atoms with E-state index in [0.29, 0.717) is 38.6 Å². The summed E-state index contributed by atoms with van der Waals surface area (Å²) in [6.07, 6.45) is 3.93. The lowest BCUT2D eigenvalue weighted by molar-refractivity contribution is 0.0526. The van der Waals surface area contributed by atoms with Crippen LogP contribution in [0.1, 0.15) is 71.7 Å². The number of fused-ring (bicyclic) bond motifs is 2. The van der Waals surface area contributed by atoms with E-state index in [2.05, 4.69) is 17.6 Å². The first-order valence-corrected chi connectivity index (χ1v) is 15.6. The fourth-order valence-electron chi connectivity index (χ4n) is 5.33. The molecule has 1 atom stereocenters. The van der Waals surface area contributed by atoms with E-state index in [9.17, 15) is 9.59 Å². The summed E-state index contributed by atoms with van der Waals surface area (Å²) in [5.41, 5.74) is 4.18. The van der Waals surface area contributed by atoms with Gasteiger partial charge in [-0.25, -0.2) is 9.78 Å². The fourth-order valence-corrected chi connectivity index (χ4v) is 6.94. The molecule has 42 heavy (non-hydrogen) atoms. The summed E-state index contributed by atoms with van der Waals surface area (Å²) in [6, 6.07) is 17.0. The van der Waals surface area contributed by atoms with Crippen molar-refractivity contribution < 1.29 is 19.1 Å². The Bertz CT molecular complexity index is 1650. The summed E-state index contributed by atoms with van der Waals surface area (Å²) < 4.78 is 11.3. The first kappa shape index (κ1) is 29.7. The van der Waals surface area contributed by atoms with Crippen molar-refractivity contribution in [3.05, 3.63) is 76.2 Å². The Labute approximate surface area is 255 Å². The summed E-state index contributed by atoms with van der Waals surface area (Å²) in [6.45, 7) is 8.23. The summed E-state index contributed by atoms with van der Waals surface area (Å²) in [7, 11) is 0. The van der Waals surface area contributed by atoms with E-state index in [1.54, 1.807) is 13.0 Å². The molecule has 0 fully saturated rings. The van der Waals surface area contributed by atoms with Crippen molar-refractivity contribution in [2.75, 3.05) is 11.9 Å². The Morgan fingerprint density at radius 1 is 1.12 bits per heavy atom. The smallest absolute Gasteiger partial charge is 0.341 e. The number of carbonyl (C=O) groups is 2. The number of rotatable bonds is 8. The number of pyridine rings is 1. The molecule has 1 aliphatic rings. The van der Waals surface area contributed by atoms with E-state index in [0.717, 1.165) is 42.6 Å². The van der Waals surface area contributed by atoms with Crippen molar-refractivity contribution in [2.24, 2.45) is 5.92 Å². The molecule has 218 valence electrons. The number of amides is 1. The van der Waals surface area contributed by atoms with Crippen LogP contribution in [0.2, 0.25) is 0 Å². The van der Waals surface area contributed by atoms with Gasteiger partial charge >= 0.3 is 5.97 Å². The fraction of sp³-hybridized carbons (Fsp3) is 0.333. The number of para-hydroxylation sites is 1. The van der Waals surface area contributed by atoms with Gasteiger partial charge in [0.25, 0.3) is 5.91 Å². The lowest BCUT2D eigenvalue weighted by Crippen LogP contribution is -2.34. The average Bonchev–Trinajstić information content (AvgIpc) is 3.33. The van der Waals surface area contributed by atoms with E-state index in [1.165, 1.54) is 16.2 Å². The monoisotopic (exact) mass is 601 g/mol. The molecule has 5 rings (SSSR count). The van der Waals surface area contributed by atoms with Crippen LogP contribution >= 0.6 is 23.6 Å². The average molecular weight is 602 g/mol. The molecule has 1 amide bonds. The molecule has 7 nitrogen and oxygen atoms in total. The highest BCUT2D eigenvalue weighted by molar-refractivity contribution is 7.80. The van der Waals surface area contributed by atoms with Crippen molar-refractivity contribution in [3.63, 3.8) is 0 Å². The molecule has 0 radical (unpaired) electrons. The van der Waals surface area contributed by atoms with E-state index < -0.39 is 0 Å². The zero-order valence-electron chi connectivity index (χ0n) is 24.3. The van der Waals surface area contributed by atoms with Gasteiger partial charge in [-0.1, -0.05) is 43.7 Å². The Morgan fingerprint density at radius 3 is 2.69 bits per heavy atom. The lowest BCUT2D eigenvalue weighted by atomic mass is 9.86. The lowest BCUT2D eigenvalue weighted by Gasteiger charge is -2.21. The minimum Gasteiger partial charge on any atom is -0.491 e. The Morgan fingerprint density at radius 2 is 1.93 bits per heavy atom. The summed E-state index contributed by atoms with van der Waals surface area (Å²) in [5.74, 6) is 0.592.